The fourth-order valence-corrected chi connectivity index (χ4v) is 3.89. The molecule has 2 aromatic rings. The first-order valence-corrected chi connectivity index (χ1v) is 9.67. The molecule has 0 atom stereocenters. The van der Waals surface area contributed by atoms with Gasteiger partial charge in [-0.25, -0.2) is 4.39 Å². The summed E-state index contributed by atoms with van der Waals surface area (Å²) in [4.78, 5) is 0. The molecule has 0 heterocycles. The molecule has 0 spiro atoms. The molecule has 1 aliphatic rings. The average Bonchev–Trinajstić information content (AvgIpc) is 2.63. The Morgan fingerprint density at radius 3 is 2.36 bits per heavy atom. The van der Waals surface area contributed by atoms with Gasteiger partial charge >= 0.3 is 0 Å². The minimum Gasteiger partial charge on any atom is -0.206 e. The maximum atomic E-state index is 14.5. The molecular weight excluding hydrogens is 307 g/mol. The van der Waals surface area contributed by atoms with Crippen LogP contribution in [-0.4, -0.2) is 0 Å². The summed E-state index contributed by atoms with van der Waals surface area (Å²) in [7, 11) is 0. The predicted octanol–water partition coefficient (Wildman–Crippen LogP) is 7.30. The first kappa shape index (κ1) is 17.9. The van der Waals surface area contributed by atoms with Crippen LogP contribution in [0.4, 0.5) is 4.39 Å². The quantitative estimate of drug-likeness (QED) is 0.503. The third kappa shape index (κ3) is 4.60. The average molecular weight is 336 g/mol. The van der Waals surface area contributed by atoms with E-state index in [1.54, 1.807) is 6.07 Å². The summed E-state index contributed by atoms with van der Waals surface area (Å²) < 4.78 is 14.5. The lowest BCUT2D eigenvalue weighted by Gasteiger charge is -2.26. The molecule has 0 aliphatic heterocycles. The van der Waals surface area contributed by atoms with Gasteiger partial charge in [0.25, 0.3) is 0 Å². The van der Waals surface area contributed by atoms with Crippen LogP contribution in [0.1, 0.15) is 63.0 Å². The second-order valence-electron chi connectivity index (χ2n) is 7.50. The van der Waals surface area contributed by atoms with Crippen LogP contribution in [0.3, 0.4) is 0 Å². The van der Waals surface area contributed by atoms with Crippen LogP contribution in [0.5, 0.6) is 0 Å². The van der Waals surface area contributed by atoms with Crippen molar-refractivity contribution >= 4 is 0 Å². The van der Waals surface area contributed by atoms with E-state index >= 15 is 0 Å². The lowest BCUT2D eigenvalue weighted by Crippen LogP contribution is -2.10. The smallest absolute Gasteiger partial charge is 0.131 e. The van der Waals surface area contributed by atoms with E-state index in [0.29, 0.717) is 11.5 Å². The zero-order valence-corrected chi connectivity index (χ0v) is 15.5. The fourth-order valence-electron chi connectivity index (χ4n) is 3.89. The molecule has 0 N–H and O–H groups in total. The number of hydrogen-bond donors (Lipinski definition) is 0. The molecule has 0 unspecified atom stereocenters. The van der Waals surface area contributed by atoms with E-state index in [1.807, 2.05) is 19.1 Å². The van der Waals surface area contributed by atoms with E-state index in [-0.39, 0.29) is 5.82 Å². The lowest BCUT2D eigenvalue weighted by atomic mass is 9.79. The minimum atomic E-state index is -0.114. The van der Waals surface area contributed by atoms with Gasteiger partial charge in [0.05, 0.1) is 0 Å². The number of hydrogen-bond acceptors (Lipinski definition) is 0. The van der Waals surface area contributed by atoms with Crippen molar-refractivity contribution in [2.75, 3.05) is 0 Å². The van der Waals surface area contributed by atoms with Gasteiger partial charge in [-0.1, -0.05) is 68.3 Å². The largest absolute Gasteiger partial charge is 0.206 e. The van der Waals surface area contributed by atoms with Crippen molar-refractivity contribution in [2.45, 2.75) is 58.3 Å². The Balaban J connectivity index is 1.71. The maximum absolute atomic E-state index is 14.5. The molecule has 25 heavy (non-hydrogen) atoms. The third-order valence-electron chi connectivity index (χ3n) is 5.58. The summed E-state index contributed by atoms with van der Waals surface area (Å²) in [5.74, 6) is 1.44. The summed E-state index contributed by atoms with van der Waals surface area (Å²) in [6.45, 7) is 4.37. The predicted molar refractivity (Wildman–Crippen MR) is 105 cm³/mol. The number of rotatable bonds is 5. The van der Waals surface area contributed by atoms with Gasteiger partial charge in [-0.15, -0.1) is 0 Å². The number of allylic oxidation sites excluding steroid dienone is 2. The van der Waals surface area contributed by atoms with Gasteiger partial charge in [0.2, 0.25) is 0 Å². The number of aryl methyl sites for hydroxylation is 1. The zero-order chi connectivity index (χ0) is 17.6. The Bertz CT molecular complexity index is 703. The summed E-state index contributed by atoms with van der Waals surface area (Å²) in [6, 6.07) is 14.3. The fraction of sp³-hybridized carbons (Fsp3) is 0.417. The summed E-state index contributed by atoms with van der Waals surface area (Å²) >= 11 is 0. The third-order valence-corrected chi connectivity index (χ3v) is 5.58. The van der Waals surface area contributed by atoms with Crippen LogP contribution in [0, 0.1) is 11.7 Å². The van der Waals surface area contributed by atoms with Crippen molar-refractivity contribution in [3.8, 4) is 11.1 Å². The second-order valence-corrected chi connectivity index (χ2v) is 7.50. The SMILES string of the molecule is C/C=C/CCc1ccc(-c2ccc(C3CCC(C)CC3)cc2)c(F)c1. The van der Waals surface area contributed by atoms with Crippen LogP contribution in [0.2, 0.25) is 0 Å². The standard InChI is InChI=1S/C24H29F/c1-3-4-5-6-19-9-16-23(24(25)17-19)22-14-12-21(13-15-22)20-10-7-18(2)8-11-20/h3-4,9,12-18,20H,5-8,10-11H2,1-2H3/b4-3+. The van der Waals surface area contributed by atoms with Gasteiger partial charge in [0, 0.05) is 5.56 Å². The molecule has 1 aliphatic carbocycles. The van der Waals surface area contributed by atoms with E-state index in [9.17, 15) is 4.39 Å². The molecule has 0 amide bonds. The molecule has 2 aromatic carbocycles. The molecule has 1 saturated carbocycles. The lowest BCUT2D eigenvalue weighted by molar-refractivity contribution is 0.348. The van der Waals surface area contributed by atoms with Crippen molar-refractivity contribution in [2.24, 2.45) is 5.92 Å². The van der Waals surface area contributed by atoms with E-state index in [1.165, 1.54) is 31.2 Å². The highest BCUT2D eigenvalue weighted by Crippen LogP contribution is 2.36. The van der Waals surface area contributed by atoms with Crippen LogP contribution < -0.4 is 0 Å². The Morgan fingerprint density at radius 2 is 1.72 bits per heavy atom. The Labute approximate surface area is 151 Å². The van der Waals surface area contributed by atoms with Crippen molar-refractivity contribution in [3.05, 3.63) is 71.6 Å². The van der Waals surface area contributed by atoms with Gasteiger partial charge in [0.15, 0.2) is 0 Å². The Kier molecular flexibility index (Phi) is 6.07. The van der Waals surface area contributed by atoms with Crippen LogP contribution in [0.15, 0.2) is 54.6 Å². The molecule has 0 nitrogen and oxygen atoms in total. The topological polar surface area (TPSA) is 0 Å². The van der Waals surface area contributed by atoms with Crippen LogP contribution >= 0.6 is 0 Å². The maximum Gasteiger partial charge on any atom is 0.131 e. The molecule has 3 rings (SSSR count). The first-order chi connectivity index (χ1) is 12.2. The molecule has 0 aromatic heterocycles. The molecule has 0 radical (unpaired) electrons. The van der Waals surface area contributed by atoms with Gasteiger partial charge < -0.3 is 0 Å². The molecule has 1 heteroatoms. The summed E-state index contributed by atoms with van der Waals surface area (Å²) in [6.07, 6.45) is 11.2. The van der Waals surface area contributed by atoms with Crippen molar-refractivity contribution in [1.82, 2.24) is 0 Å². The molecule has 1 fully saturated rings. The zero-order valence-electron chi connectivity index (χ0n) is 15.5. The van der Waals surface area contributed by atoms with E-state index < -0.39 is 0 Å². The minimum absolute atomic E-state index is 0.114. The van der Waals surface area contributed by atoms with Crippen molar-refractivity contribution < 1.29 is 4.39 Å². The van der Waals surface area contributed by atoms with E-state index in [4.69, 9.17) is 0 Å². The molecule has 0 bridgehead atoms. The summed E-state index contributed by atoms with van der Waals surface area (Å²) in [5.41, 5.74) is 4.16. The van der Waals surface area contributed by atoms with Crippen LogP contribution in [0.25, 0.3) is 11.1 Å². The Hall–Kier alpha value is -1.89. The van der Waals surface area contributed by atoms with Gasteiger partial charge in [-0.2, -0.15) is 0 Å². The van der Waals surface area contributed by atoms with E-state index in [0.717, 1.165) is 29.9 Å². The monoisotopic (exact) mass is 336 g/mol. The highest BCUT2D eigenvalue weighted by Gasteiger charge is 2.19. The van der Waals surface area contributed by atoms with Crippen LogP contribution in [-0.2, 0) is 6.42 Å². The van der Waals surface area contributed by atoms with Crippen molar-refractivity contribution in [1.29, 1.82) is 0 Å². The summed E-state index contributed by atoms with van der Waals surface area (Å²) in [5, 5.41) is 0. The highest BCUT2D eigenvalue weighted by atomic mass is 19.1. The highest BCUT2D eigenvalue weighted by molar-refractivity contribution is 5.65. The first-order valence-electron chi connectivity index (χ1n) is 9.67. The van der Waals surface area contributed by atoms with Crippen molar-refractivity contribution in [3.63, 3.8) is 0 Å². The molecular formula is C24H29F. The Morgan fingerprint density at radius 1 is 1.00 bits per heavy atom. The van der Waals surface area contributed by atoms with Gasteiger partial charge in [-0.3, -0.25) is 0 Å². The normalized spacial score (nSPS) is 20.9. The van der Waals surface area contributed by atoms with Gasteiger partial charge in [-0.05, 0) is 67.2 Å². The number of benzene rings is 2. The van der Waals surface area contributed by atoms with E-state index in [2.05, 4.69) is 43.3 Å². The molecule has 132 valence electrons. The number of halogens is 1. The molecule has 0 saturated heterocycles. The second kappa shape index (κ2) is 8.47. The van der Waals surface area contributed by atoms with Gasteiger partial charge in [0.1, 0.15) is 5.82 Å².